The van der Waals surface area contributed by atoms with Gasteiger partial charge in [0.15, 0.2) is 0 Å². The van der Waals surface area contributed by atoms with Crippen LogP contribution in [-0.4, -0.2) is 31.6 Å². The van der Waals surface area contributed by atoms with Crippen molar-refractivity contribution in [3.63, 3.8) is 0 Å². The highest BCUT2D eigenvalue weighted by Gasteiger charge is 2.19. The van der Waals surface area contributed by atoms with Gasteiger partial charge in [-0.05, 0) is 39.5 Å². The molecule has 1 rings (SSSR count). The molecule has 96 valence electrons. The van der Waals surface area contributed by atoms with Crippen molar-refractivity contribution >= 4 is 0 Å². The van der Waals surface area contributed by atoms with Crippen molar-refractivity contribution in [1.29, 1.82) is 0 Å². The van der Waals surface area contributed by atoms with Crippen LogP contribution in [0.25, 0.3) is 0 Å². The van der Waals surface area contributed by atoms with E-state index >= 15 is 0 Å². The lowest BCUT2D eigenvalue weighted by Gasteiger charge is -2.30. The fourth-order valence-electron chi connectivity index (χ4n) is 1.96. The van der Waals surface area contributed by atoms with Crippen molar-refractivity contribution in [3.05, 3.63) is 35.9 Å². The maximum absolute atomic E-state index is 3.68. The lowest BCUT2D eigenvalue weighted by atomic mass is 9.99. The van der Waals surface area contributed by atoms with Crippen LogP contribution in [0.5, 0.6) is 0 Å². The summed E-state index contributed by atoms with van der Waals surface area (Å²) in [5.74, 6) is 0. The van der Waals surface area contributed by atoms with Gasteiger partial charge in [0.05, 0.1) is 0 Å². The number of likely N-dealkylation sites (N-methyl/N-ethyl adjacent to an activating group) is 1. The number of hydrogen-bond donors (Lipinski definition) is 1. The number of unbranched alkanes of at least 4 members (excludes halogenated alkanes) is 1. The van der Waals surface area contributed by atoms with Crippen LogP contribution in [0.15, 0.2) is 30.3 Å². The molecule has 0 aromatic heterocycles. The Morgan fingerprint density at radius 2 is 1.82 bits per heavy atom. The number of rotatable bonds is 7. The average molecular weight is 234 g/mol. The molecule has 0 spiro atoms. The quantitative estimate of drug-likeness (QED) is 0.729. The summed E-state index contributed by atoms with van der Waals surface area (Å²) in [6.45, 7) is 5.60. The van der Waals surface area contributed by atoms with Crippen LogP contribution in [0, 0.1) is 0 Å². The third-order valence-corrected chi connectivity index (χ3v) is 3.35. The minimum absolute atomic E-state index is 0.415. The van der Waals surface area contributed by atoms with Gasteiger partial charge in [-0.3, -0.25) is 0 Å². The van der Waals surface area contributed by atoms with E-state index in [9.17, 15) is 0 Å². The van der Waals surface area contributed by atoms with E-state index in [0.29, 0.717) is 12.1 Å². The van der Waals surface area contributed by atoms with E-state index in [4.69, 9.17) is 0 Å². The molecule has 0 amide bonds. The summed E-state index contributed by atoms with van der Waals surface area (Å²) in [6.07, 6.45) is 2.48. The molecule has 0 aliphatic carbocycles. The Morgan fingerprint density at radius 1 is 1.18 bits per heavy atom. The predicted molar refractivity (Wildman–Crippen MR) is 75.2 cm³/mol. The van der Waals surface area contributed by atoms with Crippen LogP contribution in [0.2, 0.25) is 0 Å². The lowest BCUT2D eigenvalue weighted by molar-refractivity contribution is 0.246. The van der Waals surface area contributed by atoms with Gasteiger partial charge in [-0.15, -0.1) is 0 Å². The Bertz CT molecular complexity index is 295. The van der Waals surface area contributed by atoms with Gasteiger partial charge in [0.25, 0.3) is 0 Å². The first-order chi connectivity index (χ1) is 8.16. The lowest BCUT2D eigenvalue weighted by Crippen LogP contribution is -2.39. The first kappa shape index (κ1) is 14.2. The molecule has 1 N–H and O–H groups in total. The Balaban J connectivity index is 2.72. The van der Waals surface area contributed by atoms with Gasteiger partial charge in [-0.2, -0.15) is 0 Å². The number of nitrogens with one attached hydrogen (secondary N) is 1. The Hall–Kier alpha value is -0.860. The summed E-state index contributed by atoms with van der Waals surface area (Å²) in [5.41, 5.74) is 1.38. The van der Waals surface area contributed by atoms with E-state index in [0.717, 1.165) is 6.54 Å². The molecular formula is C15H26N2. The van der Waals surface area contributed by atoms with E-state index in [1.165, 1.54) is 18.4 Å². The smallest absolute Gasteiger partial charge is 0.0475 e. The summed E-state index contributed by atoms with van der Waals surface area (Å²) < 4.78 is 0. The van der Waals surface area contributed by atoms with Crippen LogP contribution in [0.1, 0.15) is 38.3 Å². The summed E-state index contributed by atoms with van der Waals surface area (Å²) in [4.78, 5) is 2.27. The second-order valence-electron chi connectivity index (χ2n) is 4.90. The fourth-order valence-corrected chi connectivity index (χ4v) is 1.96. The van der Waals surface area contributed by atoms with Crippen molar-refractivity contribution < 1.29 is 0 Å². The van der Waals surface area contributed by atoms with E-state index < -0.39 is 0 Å². The van der Waals surface area contributed by atoms with Gasteiger partial charge in [0.1, 0.15) is 0 Å². The molecule has 0 saturated carbocycles. The molecule has 0 fully saturated rings. The zero-order chi connectivity index (χ0) is 12.7. The van der Waals surface area contributed by atoms with E-state index in [2.05, 4.69) is 68.5 Å². The highest BCUT2D eigenvalue weighted by molar-refractivity contribution is 5.20. The third-order valence-electron chi connectivity index (χ3n) is 3.35. The molecule has 0 radical (unpaired) electrons. The summed E-state index contributed by atoms with van der Waals surface area (Å²) in [5, 5.41) is 3.68. The number of nitrogens with zero attached hydrogens (tertiary/aromatic N) is 1. The summed E-state index contributed by atoms with van der Waals surface area (Å²) in [7, 11) is 4.28. The maximum Gasteiger partial charge on any atom is 0.0475 e. The van der Waals surface area contributed by atoms with Gasteiger partial charge < -0.3 is 10.2 Å². The van der Waals surface area contributed by atoms with Crippen LogP contribution < -0.4 is 5.32 Å². The molecule has 0 heterocycles. The molecule has 0 saturated heterocycles. The van der Waals surface area contributed by atoms with Crippen molar-refractivity contribution in [2.45, 2.75) is 38.8 Å². The van der Waals surface area contributed by atoms with Gasteiger partial charge in [-0.1, -0.05) is 43.7 Å². The average Bonchev–Trinajstić information content (AvgIpc) is 2.35. The van der Waals surface area contributed by atoms with Crippen molar-refractivity contribution in [1.82, 2.24) is 10.2 Å². The van der Waals surface area contributed by atoms with Gasteiger partial charge >= 0.3 is 0 Å². The van der Waals surface area contributed by atoms with Crippen molar-refractivity contribution in [3.8, 4) is 0 Å². The monoisotopic (exact) mass is 234 g/mol. The molecule has 0 aliphatic rings. The van der Waals surface area contributed by atoms with Crippen LogP contribution in [0.3, 0.4) is 0 Å². The first-order valence-corrected chi connectivity index (χ1v) is 6.61. The summed E-state index contributed by atoms with van der Waals surface area (Å²) >= 11 is 0. The molecule has 0 bridgehead atoms. The third kappa shape index (κ3) is 4.49. The zero-order valence-corrected chi connectivity index (χ0v) is 11.6. The Labute approximate surface area is 106 Å². The highest BCUT2D eigenvalue weighted by atomic mass is 15.1. The van der Waals surface area contributed by atoms with E-state index in [1.807, 2.05) is 0 Å². The molecule has 17 heavy (non-hydrogen) atoms. The van der Waals surface area contributed by atoms with Gasteiger partial charge in [0, 0.05) is 12.1 Å². The SMILES string of the molecule is CCCCN[C@H](c1ccccc1)[C@H](C)N(C)C. The topological polar surface area (TPSA) is 15.3 Å². The maximum atomic E-state index is 3.68. The van der Waals surface area contributed by atoms with Gasteiger partial charge in [0.2, 0.25) is 0 Å². The Morgan fingerprint density at radius 3 is 2.35 bits per heavy atom. The second-order valence-corrected chi connectivity index (χ2v) is 4.90. The van der Waals surface area contributed by atoms with Crippen LogP contribution >= 0.6 is 0 Å². The molecule has 1 aromatic carbocycles. The van der Waals surface area contributed by atoms with Crippen molar-refractivity contribution in [2.75, 3.05) is 20.6 Å². The minimum Gasteiger partial charge on any atom is -0.309 e. The molecule has 1 aromatic rings. The minimum atomic E-state index is 0.415. The predicted octanol–water partition coefficient (Wildman–Crippen LogP) is 3.07. The number of hydrogen-bond acceptors (Lipinski definition) is 2. The fraction of sp³-hybridized carbons (Fsp3) is 0.600. The zero-order valence-electron chi connectivity index (χ0n) is 11.6. The molecule has 2 heteroatoms. The second kappa shape index (κ2) is 7.46. The number of benzene rings is 1. The van der Waals surface area contributed by atoms with Crippen LogP contribution in [-0.2, 0) is 0 Å². The Kier molecular flexibility index (Phi) is 6.23. The summed E-state index contributed by atoms with van der Waals surface area (Å²) in [6, 6.07) is 11.6. The highest BCUT2D eigenvalue weighted by Crippen LogP contribution is 2.19. The molecule has 2 atom stereocenters. The molecule has 0 unspecified atom stereocenters. The van der Waals surface area contributed by atoms with E-state index in [1.54, 1.807) is 0 Å². The first-order valence-electron chi connectivity index (χ1n) is 6.61. The normalized spacial score (nSPS) is 14.9. The molecular weight excluding hydrogens is 208 g/mol. The standard InChI is InChI=1S/C15H26N2/c1-5-6-12-16-15(13(2)17(3)4)14-10-8-7-9-11-14/h7-11,13,15-16H,5-6,12H2,1-4H3/t13-,15-/m0/s1. The van der Waals surface area contributed by atoms with Crippen LogP contribution in [0.4, 0.5) is 0 Å². The molecule has 2 nitrogen and oxygen atoms in total. The largest absolute Gasteiger partial charge is 0.309 e. The molecule has 0 aliphatic heterocycles. The van der Waals surface area contributed by atoms with E-state index in [-0.39, 0.29) is 0 Å². The van der Waals surface area contributed by atoms with Gasteiger partial charge in [-0.25, -0.2) is 0 Å². The van der Waals surface area contributed by atoms with Crippen molar-refractivity contribution in [2.24, 2.45) is 0 Å².